The number of ketones is 1. The minimum Gasteiger partial charge on any atom is -0.460 e. The molecule has 1 aliphatic rings. The van der Waals surface area contributed by atoms with E-state index in [4.69, 9.17) is 4.74 Å². The lowest BCUT2D eigenvalue weighted by Gasteiger charge is -2.04. The molecule has 1 rings (SSSR count). The third kappa shape index (κ3) is 5.29. The Balaban J connectivity index is 2.32. The van der Waals surface area contributed by atoms with Crippen molar-refractivity contribution in [3.8, 4) is 0 Å². The SMILES string of the molecule is C=C/C=C(\C=C/C)COC(=O)CC(=O)C1CC1. The summed E-state index contributed by atoms with van der Waals surface area (Å²) in [6, 6.07) is 0. The van der Waals surface area contributed by atoms with Crippen LogP contribution in [0.15, 0.2) is 36.5 Å². The molecule has 3 nitrogen and oxygen atoms in total. The number of allylic oxidation sites excluding steroid dienone is 3. The van der Waals surface area contributed by atoms with Gasteiger partial charge in [0.15, 0.2) is 0 Å². The van der Waals surface area contributed by atoms with E-state index in [1.54, 1.807) is 12.2 Å². The lowest BCUT2D eigenvalue weighted by molar-refractivity contribution is -0.145. The first-order valence-corrected chi connectivity index (χ1v) is 5.80. The highest BCUT2D eigenvalue weighted by Gasteiger charge is 2.30. The van der Waals surface area contributed by atoms with Crippen LogP contribution in [0.3, 0.4) is 0 Å². The smallest absolute Gasteiger partial charge is 0.313 e. The molecule has 0 spiro atoms. The van der Waals surface area contributed by atoms with Gasteiger partial charge < -0.3 is 4.74 Å². The van der Waals surface area contributed by atoms with Gasteiger partial charge in [0.1, 0.15) is 18.8 Å². The molecule has 0 atom stereocenters. The van der Waals surface area contributed by atoms with Crippen LogP contribution in [0.2, 0.25) is 0 Å². The van der Waals surface area contributed by atoms with Gasteiger partial charge in [-0.1, -0.05) is 30.9 Å². The maximum absolute atomic E-state index is 11.4. The van der Waals surface area contributed by atoms with Crippen LogP contribution in [0.1, 0.15) is 26.2 Å². The molecule has 0 aromatic rings. The van der Waals surface area contributed by atoms with E-state index in [1.807, 2.05) is 19.1 Å². The van der Waals surface area contributed by atoms with E-state index in [2.05, 4.69) is 6.58 Å². The van der Waals surface area contributed by atoms with Gasteiger partial charge in [0.05, 0.1) is 0 Å². The Morgan fingerprint density at radius 1 is 1.41 bits per heavy atom. The summed E-state index contributed by atoms with van der Waals surface area (Å²) in [4.78, 5) is 22.7. The van der Waals surface area contributed by atoms with Gasteiger partial charge in [-0.3, -0.25) is 9.59 Å². The van der Waals surface area contributed by atoms with Crippen molar-refractivity contribution < 1.29 is 14.3 Å². The van der Waals surface area contributed by atoms with Crippen LogP contribution in [-0.2, 0) is 14.3 Å². The average Bonchev–Trinajstić information content (AvgIpc) is 3.10. The van der Waals surface area contributed by atoms with Crippen molar-refractivity contribution in [2.75, 3.05) is 6.61 Å². The van der Waals surface area contributed by atoms with Crippen molar-refractivity contribution in [3.63, 3.8) is 0 Å². The molecule has 0 unspecified atom stereocenters. The molecule has 1 aliphatic carbocycles. The van der Waals surface area contributed by atoms with Crippen molar-refractivity contribution in [2.45, 2.75) is 26.2 Å². The molecular formula is C14H18O3. The van der Waals surface area contributed by atoms with Gasteiger partial charge >= 0.3 is 5.97 Å². The normalized spacial score (nSPS) is 15.9. The molecular weight excluding hydrogens is 216 g/mol. The minimum atomic E-state index is -0.443. The zero-order valence-corrected chi connectivity index (χ0v) is 10.1. The number of carbonyl (C=O) groups excluding carboxylic acids is 2. The summed E-state index contributed by atoms with van der Waals surface area (Å²) >= 11 is 0. The lowest BCUT2D eigenvalue weighted by Crippen LogP contribution is -2.13. The number of hydrogen-bond donors (Lipinski definition) is 0. The maximum atomic E-state index is 11.4. The second-order valence-corrected chi connectivity index (χ2v) is 4.06. The Hall–Kier alpha value is -1.64. The Morgan fingerprint density at radius 3 is 2.65 bits per heavy atom. The number of rotatable bonds is 7. The van der Waals surface area contributed by atoms with E-state index < -0.39 is 5.97 Å². The Labute approximate surface area is 102 Å². The third-order valence-electron chi connectivity index (χ3n) is 2.46. The van der Waals surface area contributed by atoms with Crippen LogP contribution in [0.4, 0.5) is 0 Å². The number of Topliss-reactive ketones (excluding diaryl/α,β-unsaturated/α-hetero) is 1. The molecule has 0 saturated heterocycles. The quantitative estimate of drug-likeness (QED) is 0.386. The standard InChI is InChI=1S/C14H18O3/c1-3-5-11(6-4-2)10-17-14(16)9-13(15)12-7-8-12/h3-6,12H,1,7-10H2,2H3/b6-4-,11-5+. The van der Waals surface area contributed by atoms with E-state index in [1.165, 1.54) is 0 Å². The maximum Gasteiger partial charge on any atom is 0.313 e. The first kappa shape index (κ1) is 13.4. The van der Waals surface area contributed by atoms with Crippen molar-refractivity contribution in [3.05, 3.63) is 36.5 Å². The van der Waals surface area contributed by atoms with E-state index in [0.717, 1.165) is 18.4 Å². The summed E-state index contributed by atoms with van der Waals surface area (Å²) in [6.07, 6.45) is 8.87. The van der Waals surface area contributed by atoms with E-state index in [9.17, 15) is 9.59 Å². The second-order valence-electron chi connectivity index (χ2n) is 4.06. The van der Waals surface area contributed by atoms with Crippen molar-refractivity contribution in [2.24, 2.45) is 5.92 Å². The van der Waals surface area contributed by atoms with Gasteiger partial charge in [0, 0.05) is 5.92 Å². The summed E-state index contributed by atoms with van der Waals surface area (Å²) in [5.41, 5.74) is 0.856. The average molecular weight is 234 g/mol. The van der Waals surface area contributed by atoms with Gasteiger partial charge in [0.2, 0.25) is 0 Å². The number of ether oxygens (including phenoxy) is 1. The summed E-state index contributed by atoms with van der Waals surface area (Å²) in [6.45, 7) is 5.66. The topological polar surface area (TPSA) is 43.4 Å². The monoisotopic (exact) mass is 234 g/mol. The van der Waals surface area contributed by atoms with Crippen LogP contribution in [0, 0.1) is 5.92 Å². The van der Waals surface area contributed by atoms with Crippen molar-refractivity contribution in [1.82, 2.24) is 0 Å². The molecule has 1 fully saturated rings. The van der Waals surface area contributed by atoms with E-state index >= 15 is 0 Å². The summed E-state index contributed by atoms with van der Waals surface area (Å²) in [5.74, 6) is -0.321. The van der Waals surface area contributed by atoms with Crippen molar-refractivity contribution >= 4 is 11.8 Å². The fourth-order valence-electron chi connectivity index (χ4n) is 1.42. The third-order valence-corrected chi connectivity index (χ3v) is 2.46. The van der Waals surface area contributed by atoms with Crippen LogP contribution in [0.25, 0.3) is 0 Å². The molecule has 0 aromatic carbocycles. The highest BCUT2D eigenvalue weighted by molar-refractivity contribution is 5.97. The summed E-state index contributed by atoms with van der Waals surface area (Å²) < 4.78 is 5.03. The second kappa shape index (κ2) is 6.84. The molecule has 92 valence electrons. The molecule has 0 aromatic heterocycles. The fraction of sp³-hybridized carbons (Fsp3) is 0.429. The number of hydrogen-bond acceptors (Lipinski definition) is 3. The molecule has 3 heteroatoms. The predicted octanol–water partition coefficient (Wildman–Crippen LogP) is 2.59. The Bertz CT molecular complexity index is 360. The number of esters is 1. The van der Waals surface area contributed by atoms with Crippen LogP contribution in [0.5, 0.6) is 0 Å². The largest absolute Gasteiger partial charge is 0.460 e. The van der Waals surface area contributed by atoms with Gasteiger partial charge in [-0.2, -0.15) is 0 Å². The molecule has 0 radical (unpaired) electrons. The zero-order valence-electron chi connectivity index (χ0n) is 10.1. The predicted molar refractivity (Wildman–Crippen MR) is 66.4 cm³/mol. The van der Waals surface area contributed by atoms with Crippen LogP contribution in [-0.4, -0.2) is 18.4 Å². The molecule has 17 heavy (non-hydrogen) atoms. The van der Waals surface area contributed by atoms with Gasteiger partial charge in [0.25, 0.3) is 0 Å². The Morgan fingerprint density at radius 2 is 2.12 bits per heavy atom. The first-order chi connectivity index (χ1) is 8.17. The summed E-state index contributed by atoms with van der Waals surface area (Å²) in [7, 11) is 0. The highest BCUT2D eigenvalue weighted by Crippen LogP contribution is 2.30. The molecule has 1 saturated carbocycles. The molecule has 0 aliphatic heterocycles. The van der Waals surface area contributed by atoms with Gasteiger partial charge in [-0.25, -0.2) is 0 Å². The molecule has 0 heterocycles. The minimum absolute atomic E-state index is 0.00952. The Kier molecular flexibility index (Phi) is 5.40. The van der Waals surface area contributed by atoms with Crippen molar-refractivity contribution in [1.29, 1.82) is 0 Å². The number of carbonyl (C=O) groups is 2. The van der Waals surface area contributed by atoms with Gasteiger partial charge in [-0.15, -0.1) is 0 Å². The van der Waals surface area contributed by atoms with E-state index in [0.29, 0.717) is 0 Å². The van der Waals surface area contributed by atoms with Crippen LogP contribution < -0.4 is 0 Å². The molecule has 0 amide bonds. The lowest BCUT2D eigenvalue weighted by atomic mass is 10.2. The first-order valence-electron chi connectivity index (χ1n) is 5.80. The molecule has 0 N–H and O–H groups in total. The highest BCUT2D eigenvalue weighted by atomic mass is 16.5. The van der Waals surface area contributed by atoms with Crippen LogP contribution >= 0.6 is 0 Å². The fourth-order valence-corrected chi connectivity index (χ4v) is 1.42. The zero-order chi connectivity index (χ0) is 12.7. The molecule has 0 bridgehead atoms. The van der Waals surface area contributed by atoms with Gasteiger partial charge in [-0.05, 0) is 25.3 Å². The summed E-state index contributed by atoms with van der Waals surface area (Å²) in [5, 5.41) is 0. The van der Waals surface area contributed by atoms with E-state index in [-0.39, 0.29) is 24.7 Å².